The van der Waals surface area contributed by atoms with Gasteiger partial charge in [0.1, 0.15) is 47.1 Å². The normalized spacial score (nSPS) is 14.3. The number of nitrogens with one attached hydrogen (secondary N) is 4. The van der Waals surface area contributed by atoms with Gasteiger partial charge in [-0.15, -0.1) is 0 Å². The summed E-state index contributed by atoms with van der Waals surface area (Å²) in [6, 6.07) is 6.32. The maximum atomic E-state index is 12.4. The van der Waals surface area contributed by atoms with E-state index in [1.807, 2.05) is 42.0 Å². The number of hydrogen-bond acceptors (Lipinski definition) is 13. The summed E-state index contributed by atoms with van der Waals surface area (Å²) in [5.41, 5.74) is 16.3. The highest BCUT2D eigenvalue weighted by molar-refractivity contribution is 6.00. The summed E-state index contributed by atoms with van der Waals surface area (Å²) in [5, 5.41) is 21.0. The zero-order valence-corrected chi connectivity index (χ0v) is 32.0. The zero-order valence-electron chi connectivity index (χ0n) is 32.0. The number of aromatic nitrogens is 4. The van der Waals surface area contributed by atoms with Crippen LogP contribution in [-0.4, -0.2) is 98.5 Å². The number of amides is 3. The summed E-state index contributed by atoms with van der Waals surface area (Å²) >= 11 is 0. The van der Waals surface area contributed by atoms with E-state index in [2.05, 4.69) is 26.4 Å². The number of aryl methyl sites for hydroxylation is 1. The van der Waals surface area contributed by atoms with E-state index in [9.17, 15) is 19.5 Å². The van der Waals surface area contributed by atoms with E-state index >= 15 is 0 Å². The molecule has 0 saturated carbocycles. The second-order valence-corrected chi connectivity index (χ2v) is 14.5. The Balaban J connectivity index is 1.46. The van der Waals surface area contributed by atoms with Crippen LogP contribution in [0.5, 0.6) is 11.5 Å². The SMILES string of the molecule is CCN(NC)C(C)(C)Nc1nc2cc(C(N)=O)cc(OCCCNC(=O)OC(C)(C)C)c2n1CCC[C@H]1COc2cc(C(N)=O)cc3nc(NCO)n1c23. The number of hydrogen-bond donors (Lipinski definition) is 7. The summed E-state index contributed by atoms with van der Waals surface area (Å²) in [6.45, 7) is 13.2. The molecule has 4 aromatic rings. The number of nitrogens with two attached hydrogens (primary N) is 2. The van der Waals surface area contributed by atoms with Crippen molar-refractivity contribution >= 4 is 51.9 Å². The molecule has 1 aliphatic rings. The first kappa shape index (κ1) is 39.9. The van der Waals surface area contributed by atoms with Gasteiger partial charge in [-0.3, -0.25) is 15.0 Å². The predicted molar refractivity (Wildman–Crippen MR) is 204 cm³/mol. The minimum Gasteiger partial charge on any atom is -0.491 e. The quantitative estimate of drug-likeness (QED) is 0.0440. The van der Waals surface area contributed by atoms with Crippen LogP contribution < -0.4 is 42.3 Å². The van der Waals surface area contributed by atoms with Gasteiger partial charge in [-0.1, -0.05) is 6.92 Å². The van der Waals surface area contributed by atoms with Gasteiger partial charge in [0.25, 0.3) is 0 Å². The third kappa shape index (κ3) is 8.88. The van der Waals surface area contributed by atoms with Crippen LogP contribution in [0.3, 0.4) is 0 Å². The maximum Gasteiger partial charge on any atom is 0.407 e. The second kappa shape index (κ2) is 16.4. The van der Waals surface area contributed by atoms with Crippen molar-refractivity contribution in [2.45, 2.75) is 84.7 Å². The number of fused-ring (bicyclic) bond motifs is 1. The first-order chi connectivity index (χ1) is 25.6. The molecule has 0 unspecified atom stereocenters. The fraction of sp³-hybridized carbons (Fsp3) is 0.528. The van der Waals surface area contributed by atoms with Gasteiger partial charge in [0.05, 0.1) is 23.7 Å². The molecular weight excluding hydrogens is 698 g/mol. The minimum atomic E-state index is -0.621. The molecule has 18 heteroatoms. The monoisotopic (exact) mass is 751 g/mol. The molecule has 0 aliphatic carbocycles. The van der Waals surface area contributed by atoms with Crippen LogP contribution in [-0.2, 0) is 11.3 Å². The number of benzene rings is 2. The van der Waals surface area contributed by atoms with Crippen molar-refractivity contribution in [3.63, 3.8) is 0 Å². The number of imidazole rings is 2. The molecule has 1 aliphatic heterocycles. The molecule has 0 saturated heterocycles. The van der Waals surface area contributed by atoms with Gasteiger partial charge >= 0.3 is 6.09 Å². The Morgan fingerprint density at radius 3 is 2.30 bits per heavy atom. The third-order valence-electron chi connectivity index (χ3n) is 9.00. The minimum absolute atomic E-state index is 0.173. The van der Waals surface area contributed by atoms with Gasteiger partial charge in [-0.2, -0.15) is 0 Å². The van der Waals surface area contributed by atoms with Crippen LogP contribution in [0, 0.1) is 0 Å². The average Bonchev–Trinajstić information content (AvgIpc) is 3.63. The van der Waals surface area contributed by atoms with Gasteiger partial charge in [0.15, 0.2) is 0 Å². The van der Waals surface area contributed by atoms with Gasteiger partial charge in [-0.05, 0) is 85.2 Å². The highest BCUT2D eigenvalue weighted by Gasteiger charge is 2.30. The van der Waals surface area contributed by atoms with Gasteiger partial charge in [0.2, 0.25) is 23.7 Å². The lowest BCUT2D eigenvalue weighted by Crippen LogP contribution is -2.55. The molecule has 5 rings (SSSR count). The Bertz CT molecular complexity index is 2000. The number of carbonyl (C=O) groups is 3. The van der Waals surface area contributed by atoms with E-state index in [1.54, 1.807) is 45.0 Å². The lowest BCUT2D eigenvalue weighted by molar-refractivity contribution is 0.0525. The number of carbonyl (C=O) groups excluding carboxylic acids is 3. The number of aliphatic hydroxyl groups is 1. The Labute approximate surface area is 313 Å². The van der Waals surface area contributed by atoms with Crippen LogP contribution in [0.1, 0.15) is 87.6 Å². The summed E-state index contributed by atoms with van der Waals surface area (Å²) < 4.78 is 21.8. The molecule has 9 N–H and O–H groups in total. The largest absolute Gasteiger partial charge is 0.491 e. The van der Waals surface area contributed by atoms with Crippen molar-refractivity contribution in [2.75, 3.05) is 50.7 Å². The molecule has 0 spiro atoms. The Morgan fingerprint density at radius 1 is 1.00 bits per heavy atom. The molecule has 18 nitrogen and oxygen atoms in total. The number of anilines is 2. The van der Waals surface area contributed by atoms with Crippen molar-refractivity contribution in [3.05, 3.63) is 35.4 Å². The van der Waals surface area contributed by atoms with Crippen molar-refractivity contribution in [3.8, 4) is 11.5 Å². The maximum absolute atomic E-state index is 12.4. The summed E-state index contributed by atoms with van der Waals surface area (Å²) in [4.78, 5) is 46.2. The van der Waals surface area contributed by atoms with Crippen molar-refractivity contribution in [1.82, 2.24) is 34.9 Å². The van der Waals surface area contributed by atoms with E-state index in [1.165, 1.54) is 0 Å². The predicted octanol–water partition coefficient (Wildman–Crippen LogP) is 3.26. The molecule has 2 aromatic carbocycles. The van der Waals surface area contributed by atoms with E-state index in [4.69, 9.17) is 30.7 Å². The summed E-state index contributed by atoms with van der Waals surface area (Å²) in [6.07, 6.45) is 1.23. The Kier molecular flexibility index (Phi) is 12.1. The van der Waals surface area contributed by atoms with E-state index in [0.29, 0.717) is 91.0 Å². The molecule has 294 valence electrons. The van der Waals surface area contributed by atoms with Gasteiger partial charge < -0.3 is 55.9 Å². The molecule has 3 heterocycles. The number of rotatable bonds is 18. The lowest BCUT2D eigenvalue weighted by atomic mass is 10.1. The van der Waals surface area contributed by atoms with Crippen molar-refractivity contribution in [1.29, 1.82) is 0 Å². The molecule has 3 amide bonds. The lowest BCUT2D eigenvalue weighted by Gasteiger charge is -2.38. The molecule has 0 radical (unpaired) electrons. The topological polar surface area (TPSA) is 238 Å². The number of nitrogens with zero attached hydrogens (tertiary/aromatic N) is 5. The van der Waals surface area contributed by atoms with Crippen molar-refractivity contribution in [2.24, 2.45) is 11.5 Å². The van der Waals surface area contributed by atoms with Crippen LogP contribution in [0.2, 0.25) is 0 Å². The number of hydrazine groups is 1. The molecule has 0 fully saturated rings. The molecule has 1 atom stereocenters. The number of ether oxygens (including phenoxy) is 3. The van der Waals surface area contributed by atoms with E-state index in [-0.39, 0.29) is 30.5 Å². The third-order valence-corrected chi connectivity index (χ3v) is 9.00. The highest BCUT2D eigenvalue weighted by Crippen LogP contribution is 2.39. The molecule has 54 heavy (non-hydrogen) atoms. The zero-order chi connectivity index (χ0) is 39.4. The van der Waals surface area contributed by atoms with Crippen LogP contribution in [0.15, 0.2) is 24.3 Å². The first-order valence-electron chi connectivity index (χ1n) is 18.1. The smallest absolute Gasteiger partial charge is 0.407 e. The second-order valence-electron chi connectivity index (χ2n) is 14.5. The van der Waals surface area contributed by atoms with E-state index in [0.717, 1.165) is 0 Å². The first-order valence-corrected chi connectivity index (χ1v) is 18.1. The number of primary amides is 2. The Hall–Kier alpha value is -5.33. The van der Waals surface area contributed by atoms with Crippen LogP contribution in [0.25, 0.3) is 22.1 Å². The molecular formula is C36H53N11O7. The number of aliphatic hydroxyl groups excluding tert-OH is 1. The van der Waals surface area contributed by atoms with Crippen LogP contribution in [0.4, 0.5) is 16.7 Å². The van der Waals surface area contributed by atoms with Crippen LogP contribution >= 0.6 is 0 Å². The van der Waals surface area contributed by atoms with Gasteiger partial charge in [-0.25, -0.2) is 19.8 Å². The number of alkyl carbamates (subject to hydrolysis) is 1. The summed E-state index contributed by atoms with van der Waals surface area (Å²) in [7, 11) is 1.85. The highest BCUT2D eigenvalue weighted by atomic mass is 16.6. The fourth-order valence-corrected chi connectivity index (χ4v) is 6.68. The standard InChI is InChI=1S/C36H53N11O7/c1-8-46(39-7)36(5,6)44-33-43-24-15-21(30(37)49)17-26(52-14-10-12-40-34(51)54-35(2,3)4)28(24)45(33)13-9-11-23-19-53-27-18-22(31(38)50)16-25-29(27)47(23)32(42-25)41-20-48/h15-18,23,39,48H,8-14,19-20H2,1-7H3,(H2,37,49)(H2,38,50)(H,40,51)(H,41,42)(H,43,44)/t23-/m0/s1. The average molecular weight is 752 g/mol. The fourth-order valence-electron chi connectivity index (χ4n) is 6.68. The molecule has 2 aromatic heterocycles. The molecule has 0 bridgehead atoms. The van der Waals surface area contributed by atoms with Gasteiger partial charge in [0, 0.05) is 30.8 Å². The summed E-state index contributed by atoms with van der Waals surface area (Å²) in [5.74, 6) is 0.699. The van der Waals surface area contributed by atoms with E-state index < -0.39 is 29.2 Å². The Morgan fingerprint density at radius 2 is 1.67 bits per heavy atom. The van der Waals surface area contributed by atoms with Crippen molar-refractivity contribution < 1.29 is 33.7 Å².